The predicted octanol–water partition coefficient (Wildman–Crippen LogP) is 3.33. The minimum atomic E-state index is -4.56. The molecule has 0 fully saturated rings. The van der Waals surface area contributed by atoms with Crippen LogP contribution < -0.4 is 0 Å². The molecular weight excluding hydrogens is 303 g/mol. The van der Waals surface area contributed by atoms with Crippen molar-refractivity contribution in [3.8, 4) is 0 Å². The van der Waals surface area contributed by atoms with Gasteiger partial charge in [-0.25, -0.2) is 0 Å². The zero-order valence-corrected chi connectivity index (χ0v) is 12.5. The quantitative estimate of drug-likeness (QED) is 0.923. The zero-order chi connectivity index (χ0) is 15.8. The lowest BCUT2D eigenvalue weighted by molar-refractivity contribution is -0.139. The normalized spacial score (nSPS) is 14.2. The lowest BCUT2D eigenvalue weighted by Crippen LogP contribution is -2.18. The molecule has 0 bridgehead atoms. The van der Waals surface area contributed by atoms with E-state index in [2.05, 4.69) is 14.6 Å². The number of hydrogen-bond donors (Lipinski definition) is 1. The Labute approximate surface area is 123 Å². The van der Waals surface area contributed by atoms with Gasteiger partial charge < -0.3 is 5.11 Å². The van der Waals surface area contributed by atoms with Crippen LogP contribution in [0.3, 0.4) is 0 Å². The van der Waals surface area contributed by atoms with E-state index >= 15 is 0 Å². The van der Waals surface area contributed by atoms with Crippen LogP contribution in [0, 0.1) is 0 Å². The second-order valence-corrected chi connectivity index (χ2v) is 6.38. The molecule has 0 radical (unpaired) electrons. The average Bonchev–Trinajstić information content (AvgIpc) is 2.86. The fourth-order valence-electron chi connectivity index (χ4n) is 1.92. The second-order valence-electron chi connectivity index (χ2n) is 5.60. The van der Waals surface area contributed by atoms with E-state index in [0.29, 0.717) is 10.6 Å². The fourth-order valence-corrected chi connectivity index (χ4v) is 2.79. The van der Waals surface area contributed by atoms with Gasteiger partial charge in [0, 0.05) is 23.4 Å². The standard InChI is InChI=1S/C13H14F3N3OS/c1-12(2,3)11-10(21-19-18-11)9(20)7-6-17-5-4-8(7)13(14,15)16/h4-6,9,20H,1-3H3. The predicted molar refractivity (Wildman–Crippen MR) is 71.9 cm³/mol. The molecule has 114 valence electrons. The van der Waals surface area contributed by atoms with E-state index in [9.17, 15) is 18.3 Å². The highest BCUT2D eigenvalue weighted by atomic mass is 32.1. The van der Waals surface area contributed by atoms with Gasteiger partial charge >= 0.3 is 6.18 Å². The van der Waals surface area contributed by atoms with Crippen LogP contribution in [0.4, 0.5) is 13.2 Å². The smallest absolute Gasteiger partial charge is 0.383 e. The molecule has 0 saturated carbocycles. The molecule has 0 aliphatic rings. The number of nitrogens with zero attached hydrogens (tertiary/aromatic N) is 3. The Morgan fingerprint density at radius 3 is 2.48 bits per heavy atom. The van der Waals surface area contributed by atoms with Crippen LogP contribution in [-0.2, 0) is 11.6 Å². The van der Waals surface area contributed by atoms with Crippen molar-refractivity contribution in [3.63, 3.8) is 0 Å². The van der Waals surface area contributed by atoms with Crippen molar-refractivity contribution < 1.29 is 18.3 Å². The molecule has 4 nitrogen and oxygen atoms in total. The SMILES string of the molecule is CC(C)(C)c1nnsc1C(O)c1cnccc1C(F)(F)F. The first kappa shape index (κ1) is 15.8. The summed E-state index contributed by atoms with van der Waals surface area (Å²) in [6.07, 6.45) is -3.93. The van der Waals surface area contributed by atoms with Gasteiger partial charge in [-0.3, -0.25) is 4.98 Å². The zero-order valence-electron chi connectivity index (χ0n) is 11.6. The van der Waals surface area contributed by atoms with Crippen molar-refractivity contribution >= 4 is 11.5 Å². The summed E-state index contributed by atoms with van der Waals surface area (Å²) in [7, 11) is 0. The second kappa shape index (κ2) is 5.34. The van der Waals surface area contributed by atoms with Gasteiger partial charge in [0.1, 0.15) is 6.10 Å². The molecule has 21 heavy (non-hydrogen) atoms. The number of rotatable bonds is 2. The Kier molecular flexibility index (Phi) is 4.03. The Bertz CT molecular complexity index is 634. The molecule has 8 heteroatoms. The Balaban J connectivity index is 2.52. The molecule has 1 atom stereocenters. The molecule has 2 rings (SSSR count). The van der Waals surface area contributed by atoms with Gasteiger partial charge in [0.05, 0.1) is 16.1 Å². The van der Waals surface area contributed by atoms with Crippen molar-refractivity contribution in [1.29, 1.82) is 0 Å². The molecule has 0 aliphatic carbocycles. The molecule has 0 aromatic carbocycles. The summed E-state index contributed by atoms with van der Waals surface area (Å²) in [6.45, 7) is 5.57. The summed E-state index contributed by atoms with van der Waals surface area (Å²) < 4.78 is 42.8. The van der Waals surface area contributed by atoms with Crippen LogP contribution in [0.1, 0.15) is 48.6 Å². The van der Waals surface area contributed by atoms with Crippen LogP contribution in [0.5, 0.6) is 0 Å². The maximum Gasteiger partial charge on any atom is 0.416 e. The fraction of sp³-hybridized carbons (Fsp3) is 0.462. The topological polar surface area (TPSA) is 58.9 Å². The molecule has 2 aromatic rings. The summed E-state index contributed by atoms with van der Waals surface area (Å²) in [6, 6.07) is 0.851. The van der Waals surface area contributed by atoms with Gasteiger partial charge in [-0.2, -0.15) is 13.2 Å². The third kappa shape index (κ3) is 3.21. The van der Waals surface area contributed by atoms with Crippen molar-refractivity contribution in [2.24, 2.45) is 0 Å². The summed E-state index contributed by atoms with van der Waals surface area (Å²) in [5.41, 5.74) is -1.14. The molecule has 1 unspecified atom stereocenters. The lowest BCUT2D eigenvalue weighted by Gasteiger charge is -2.20. The van der Waals surface area contributed by atoms with Gasteiger partial charge in [0.15, 0.2) is 0 Å². The summed E-state index contributed by atoms with van der Waals surface area (Å²) in [5, 5.41) is 14.3. The van der Waals surface area contributed by atoms with Crippen molar-refractivity contribution in [1.82, 2.24) is 14.6 Å². The van der Waals surface area contributed by atoms with Crippen LogP contribution >= 0.6 is 11.5 Å². The third-order valence-corrected chi connectivity index (χ3v) is 3.70. The van der Waals surface area contributed by atoms with E-state index in [1.165, 1.54) is 0 Å². The summed E-state index contributed by atoms with van der Waals surface area (Å²) >= 11 is 0.892. The highest BCUT2D eigenvalue weighted by molar-refractivity contribution is 7.05. The Morgan fingerprint density at radius 2 is 1.90 bits per heavy atom. The third-order valence-electron chi connectivity index (χ3n) is 2.92. The minimum Gasteiger partial charge on any atom is -0.383 e. The van der Waals surface area contributed by atoms with E-state index in [4.69, 9.17) is 0 Å². The van der Waals surface area contributed by atoms with Crippen LogP contribution in [0.15, 0.2) is 18.5 Å². The van der Waals surface area contributed by atoms with Crippen LogP contribution in [-0.4, -0.2) is 19.7 Å². The van der Waals surface area contributed by atoms with Gasteiger partial charge in [0.25, 0.3) is 0 Å². The molecular formula is C13H14F3N3OS. The molecule has 0 saturated heterocycles. The molecule has 1 N–H and O–H groups in total. The maximum atomic E-state index is 13.0. The highest BCUT2D eigenvalue weighted by Gasteiger charge is 2.37. The van der Waals surface area contributed by atoms with Crippen molar-refractivity contribution in [2.75, 3.05) is 0 Å². The Hall–Kier alpha value is -1.54. The number of aliphatic hydroxyl groups excluding tert-OH is 1. The number of halogens is 3. The van der Waals surface area contributed by atoms with Gasteiger partial charge in [0.2, 0.25) is 0 Å². The number of pyridine rings is 1. The number of alkyl halides is 3. The molecule has 0 amide bonds. The molecule has 0 aliphatic heterocycles. The van der Waals surface area contributed by atoms with E-state index in [-0.39, 0.29) is 5.56 Å². The van der Waals surface area contributed by atoms with E-state index in [1.54, 1.807) is 0 Å². The first-order valence-corrected chi connectivity index (χ1v) is 6.91. The summed E-state index contributed by atoms with van der Waals surface area (Å²) in [4.78, 5) is 3.99. The van der Waals surface area contributed by atoms with E-state index in [1.807, 2.05) is 20.8 Å². The number of aliphatic hydroxyl groups is 1. The van der Waals surface area contributed by atoms with Gasteiger partial charge in [-0.05, 0) is 17.6 Å². The average molecular weight is 317 g/mol. The van der Waals surface area contributed by atoms with Gasteiger partial charge in [-0.1, -0.05) is 25.3 Å². The van der Waals surface area contributed by atoms with Crippen LogP contribution in [0.2, 0.25) is 0 Å². The Morgan fingerprint density at radius 1 is 1.24 bits per heavy atom. The lowest BCUT2D eigenvalue weighted by atomic mass is 9.89. The molecule has 2 heterocycles. The van der Waals surface area contributed by atoms with E-state index < -0.39 is 23.3 Å². The van der Waals surface area contributed by atoms with Crippen LogP contribution in [0.25, 0.3) is 0 Å². The summed E-state index contributed by atoms with van der Waals surface area (Å²) in [5.74, 6) is 0. The first-order chi connectivity index (χ1) is 9.62. The van der Waals surface area contributed by atoms with Crippen molar-refractivity contribution in [2.45, 2.75) is 38.5 Å². The number of hydrogen-bond acceptors (Lipinski definition) is 5. The molecule has 2 aromatic heterocycles. The van der Waals surface area contributed by atoms with Gasteiger partial charge in [-0.15, -0.1) is 5.10 Å². The molecule has 0 spiro atoms. The first-order valence-electron chi connectivity index (χ1n) is 6.14. The van der Waals surface area contributed by atoms with Crippen molar-refractivity contribution in [3.05, 3.63) is 40.2 Å². The minimum absolute atomic E-state index is 0.290. The van der Waals surface area contributed by atoms with E-state index in [0.717, 1.165) is 30.0 Å². The largest absolute Gasteiger partial charge is 0.416 e. The highest BCUT2D eigenvalue weighted by Crippen LogP contribution is 2.39. The monoisotopic (exact) mass is 317 g/mol. The maximum absolute atomic E-state index is 13.0. The number of aromatic nitrogens is 3.